The molecule has 1 aliphatic rings. The number of rotatable bonds is 1. The first-order chi connectivity index (χ1) is 8.33. The van der Waals surface area contributed by atoms with Crippen LogP contribution in [-0.2, 0) is 0 Å². The third kappa shape index (κ3) is 2.13. The van der Waals surface area contributed by atoms with E-state index in [0.717, 1.165) is 15.8 Å². The van der Waals surface area contributed by atoms with Crippen molar-refractivity contribution >= 4 is 27.6 Å². The molecule has 0 bridgehead atoms. The predicted molar refractivity (Wildman–Crippen MR) is 74.0 cm³/mol. The summed E-state index contributed by atoms with van der Waals surface area (Å²) < 4.78 is 6.84. The van der Waals surface area contributed by atoms with E-state index in [4.69, 9.17) is 4.74 Å². The van der Waals surface area contributed by atoms with Gasteiger partial charge in [-0.05, 0) is 35.4 Å². The fourth-order valence-electron chi connectivity index (χ4n) is 1.95. The van der Waals surface area contributed by atoms with E-state index in [1.807, 2.05) is 18.2 Å². The third-order valence-electron chi connectivity index (χ3n) is 2.85. The molecule has 2 heteroatoms. The molecule has 84 valence electrons. The Hall–Kier alpha value is -1.54. The Kier molecular flexibility index (Phi) is 2.73. The molecule has 0 atom stereocenters. The van der Waals surface area contributed by atoms with Crippen molar-refractivity contribution in [3.05, 3.63) is 64.1 Å². The highest BCUT2D eigenvalue weighted by Gasteiger charge is 2.11. The van der Waals surface area contributed by atoms with E-state index in [-0.39, 0.29) is 0 Å². The Balaban J connectivity index is 2.01. The molecule has 1 nitrogen and oxygen atoms in total. The van der Waals surface area contributed by atoms with Gasteiger partial charge in [0.2, 0.25) is 0 Å². The molecular formula is C15H11BrO. The fraction of sp³-hybridized carbons (Fsp3) is 0.0667. The molecule has 2 aromatic rings. The van der Waals surface area contributed by atoms with Crippen LogP contribution in [0.3, 0.4) is 0 Å². The zero-order chi connectivity index (χ0) is 11.7. The van der Waals surface area contributed by atoms with Gasteiger partial charge in [-0.1, -0.05) is 46.3 Å². The van der Waals surface area contributed by atoms with Crippen molar-refractivity contribution in [1.82, 2.24) is 0 Å². The molecule has 2 aromatic carbocycles. The van der Waals surface area contributed by atoms with Gasteiger partial charge >= 0.3 is 0 Å². The van der Waals surface area contributed by atoms with Crippen LogP contribution in [-0.4, -0.2) is 6.61 Å². The van der Waals surface area contributed by atoms with Crippen LogP contribution in [0.15, 0.2) is 53.0 Å². The maximum atomic E-state index is 5.74. The van der Waals surface area contributed by atoms with Gasteiger partial charge in [0.1, 0.15) is 12.4 Å². The van der Waals surface area contributed by atoms with Crippen molar-refractivity contribution in [2.45, 2.75) is 0 Å². The van der Waals surface area contributed by atoms with Gasteiger partial charge in [0, 0.05) is 10.0 Å². The second-order valence-electron chi connectivity index (χ2n) is 4.00. The molecular weight excluding hydrogens is 276 g/mol. The lowest BCUT2D eigenvalue weighted by Crippen LogP contribution is -2.06. The van der Waals surface area contributed by atoms with Gasteiger partial charge in [0.15, 0.2) is 0 Å². The summed E-state index contributed by atoms with van der Waals surface area (Å²) in [4.78, 5) is 0. The number of ether oxygens (including phenoxy) is 1. The Morgan fingerprint density at radius 2 is 1.71 bits per heavy atom. The zero-order valence-electron chi connectivity index (χ0n) is 9.19. The van der Waals surface area contributed by atoms with Crippen LogP contribution in [0.2, 0.25) is 0 Å². The lowest BCUT2D eigenvalue weighted by molar-refractivity contribution is 0.366. The summed E-state index contributed by atoms with van der Waals surface area (Å²) in [5.74, 6) is 0.966. The van der Waals surface area contributed by atoms with Crippen LogP contribution in [0.25, 0.3) is 11.6 Å². The minimum Gasteiger partial charge on any atom is -0.488 e. The summed E-state index contributed by atoms with van der Waals surface area (Å²) in [5, 5.41) is 0. The van der Waals surface area contributed by atoms with E-state index in [0.29, 0.717) is 6.61 Å². The molecule has 0 spiro atoms. The molecule has 17 heavy (non-hydrogen) atoms. The van der Waals surface area contributed by atoms with Crippen LogP contribution in [0.1, 0.15) is 11.1 Å². The maximum absolute atomic E-state index is 5.74. The van der Waals surface area contributed by atoms with Crippen LogP contribution >= 0.6 is 15.9 Å². The summed E-state index contributed by atoms with van der Waals surface area (Å²) in [5.41, 5.74) is 3.58. The summed E-state index contributed by atoms with van der Waals surface area (Å²) in [6.45, 7) is 0.638. The van der Waals surface area contributed by atoms with Gasteiger partial charge < -0.3 is 4.74 Å². The lowest BCUT2D eigenvalue weighted by Gasteiger charge is -2.18. The summed E-state index contributed by atoms with van der Waals surface area (Å²) in [6.07, 6.45) is 2.20. The first-order valence-electron chi connectivity index (χ1n) is 5.51. The standard InChI is InChI=1S/C15H11BrO/c16-14-7-5-11(6-8-14)13-9-12-3-1-2-4-15(12)17-10-13/h1-9H,10H2. The molecule has 0 fully saturated rings. The number of benzene rings is 2. The smallest absolute Gasteiger partial charge is 0.127 e. The Morgan fingerprint density at radius 1 is 0.941 bits per heavy atom. The van der Waals surface area contributed by atoms with Gasteiger partial charge in [0.25, 0.3) is 0 Å². The molecule has 0 aliphatic carbocycles. The SMILES string of the molecule is Brc1ccc(C2=Cc3ccccc3OC2)cc1. The molecule has 0 saturated heterocycles. The fourth-order valence-corrected chi connectivity index (χ4v) is 2.21. The molecule has 1 heterocycles. The molecule has 0 unspecified atom stereocenters. The van der Waals surface area contributed by atoms with Gasteiger partial charge in [-0.15, -0.1) is 0 Å². The number of fused-ring (bicyclic) bond motifs is 1. The summed E-state index contributed by atoms with van der Waals surface area (Å²) in [6, 6.07) is 16.4. The van der Waals surface area contributed by atoms with Crippen molar-refractivity contribution < 1.29 is 4.74 Å². The number of hydrogen-bond donors (Lipinski definition) is 0. The topological polar surface area (TPSA) is 9.23 Å². The average molecular weight is 287 g/mol. The van der Waals surface area contributed by atoms with E-state index in [2.05, 4.69) is 52.3 Å². The Morgan fingerprint density at radius 3 is 2.53 bits per heavy atom. The molecule has 3 rings (SSSR count). The highest BCUT2D eigenvalue weighted by Crippen LogP contribution is 2.30. The quantitative estimate of drug-likeness (QED) is 0.756. The van der Waals surface area contributed by atoms with Crippen molar-refractivity contribution in [2.75, 3.05) is 6.61 Å². The van der Waals surface area contributed by atoms with Crippen LogP contribution in [0.5, 0.6) is 5.75 Å². The normalized spacial score (nSPS) is 13.6. The van der Waals surface area contributed by atoms with E-state index in [1.54, 1.807) is 0 Å². The Bertz CT molecular complexity index is 570. The lowest BCUT2D eigenvalue weighted by atomic mass is 10.0. The van der Waals surface area contributed by atoms with Crippen LogP contribution in [0, 0.1) is 0 Å². The number of para-hydroxylation sites is 1. The van der Waals surface area contributed by atoms with Crippen molar-refractivity contribution in [3.63, 3.8) is 0 Å². The number of halogens is 1. The highest BCUT2D eigenvalue weighted by atomic mass is 79.9. The van der Waals surface area contributed by atoms with E-state index in [9.17, 15) is 0 Å². The average Bonchev–Trinajstić information content (AvgIpc) is 2.39. The second kappa shape index (κ2) is 4.38. The molecule has 0 amide bonds. The van der Waals surface area contributed by atoms with Crippen molar-refractivity contribution in [2.24, 2.45) is 0 Å². The maximum Gasteiger partial charge on any atom is 0.127 e. The van der Waals surface area contributed by atoms with Gasteiger partial charge in [-0.2, -0.15) is 0 Å². The minimum absolute atomic E-state index is 0.638. The van der Waals surface area contributed by atoms with Gasteiger partial charge in [0.05, 0.1) is 0 Å². The molecule has 0 N–H and O–H groups in total. The van der Waals surface area contributed by atoms with Crippen LogP contribution < -0.4 is 4.74 Å². The summed E-state index contributed by atoms with van der Waals surface area (Å²) in [7, 11) is 0. The monoisotopic (exact) mass is 286 g/mol. The Labute approximate surface area is 109 Å². The van der Waals surface area contributed by atoms with E-state index < -0.39 is 0 Å². The van der Waals surface area contributed by atoms with Crippen molar-refractivity contribution in [1.29, 1.82) is 0 Å². The summed E-state index contributed by atoms with van der Waals surface area (Å²) >= 11 is 3.44. The first kappa shape index (κ1) is 10.6. The number of hydrogen-bond acceptors (Lipinski definition) is 1. The van der Waals surface area contributed by atoms with Gasteiger partial charge in [-0.3, -0.25) is 0 Å². The first-order valence-corrected chi connectivity index (χ1v) is 6.30. The minimum atomic E-state index is 0.638. The molecule has 0 saturated carbocycles. The predicted octanol–water partition coefficient (Wildman–Crippen LogP) is 4.38. The molecule has 1 aliphatic heterocycles. The molecule has 0 radical (unpaired) electrons. The van der Waals surface area contributed by atoms with E-state index in [1.165, 1.54) is 11.1 Å². The third-order valence-corrected chi connectivity index (χ3v) is 3.38. The highest BCUT2D eigenvalue weighted by molar-refractivity contribution is 9.10. The van der Waals surface area contributed by atoms with E-state index >= 15 is 0 Å². The van der Waals surface area contributed by atoms with Crippen molar-refractivity contribution in [3.8, 4) is 5.75 Å². The largest absolute Gasteiger partial charge is 0.488 e. The van der Waals surface area contributed by atoms with Crippen LogP contribution in [0.4, 0.5) is 0 Å². The zero-order valence-corrected chi connectivity index (χ0v) is 10.8. The second-order valence-corrected chi connectivity index (χ2v) is 4.92. The van der Waals surface area contributed by atoms with Gasteiger partial charge in [-0.25, -0.2) is 0 Å². The molecule has 0 aromatic heterocycles.